The number of esters is 1. The first-order valence-corrected chi connectivity index (χ1v) is 5.10. The van der Waals surface area contributed by atoms with E-state index in [4.69, 9.17) is 9.57 Å². The molecule has 0 bridgehead atoms. The maximum Gasteiger partial charge on any atom is 0.325 e. The Balaban J connectivity index is 3.49. The molecule has 0 aliphatic heterocycles. The summed E-state index contributed by atoms with van der Waals surface area (Å²) in [6, 6.07) is 0. The van der Waals surface area contributed by atoms with Crippen molar-refractivity contribution in [1.29, 1.82) is 0 Å². The molecule has 0 unspecified atom stereocenters. The zero-order valence-electron chi connectivity index (χ0n) is 9.62. The third-order valence-electron chi connectivity index (χ3n) is 1.58. The van der Waals surface area contributed by atoms with Crippen molar-refractivity contribution in [3.05, 3.63) is 0 Å². The second-order valence-electron chi connectivity index (χ2n) is 3.35. The third-order valence-corrected chi connectivity index (χ3v) is 1.58. The molecule has 0 aromatic rings. The van der Waals surface area contributed by atoms with Crippen LogP contribution in [0.3, 0.4) is 0 Å². The molecule has 0 atom stereocenters. The van der Waals surface area contributed by atoms with E-state index in [1.54, 1.807) is 14.1 Å². The molecular formula is C10H19NO4. The van der Waals surface area contributed by atoms with Gasteiger partial charge >= 0.3 is 11.9 Å². The van der Waals surface area contributed by atoms with E-state index in [0.717, 1.165) is 12.8 Å². The summed E-state index contributed by atoms with van der Waals surface area (Å²) in [5.74, 6) is -0.772. The summed E-state index contributed by atoms with van der Waals surface area (Å²) < 4.78 is 4.88. The highest BCUT2D eigenvalue weighted by atomic mass is 16.7. The summed E-state index contributed by atoms with van der Waals surface area (Å²) >= 11 is 0. The van der Waals surface area contributed by atoms with Gasteiger partial charge in [0.1, 0.15) is 0 Å². The van der Waals surface area contributed by atoms with Gasteiger partial charge < -0.3 is 9.57 Å². The van der Waals surface area contributed by atoms with Crippen LogP contribution in [0.2, 0.25) is 0 Å². The first-order chi connectivity index (χ1) is 7.06. The Kier molecular flexibility index (Phi) is 7.62. The predicted molar refractivity (Wildman–Crippen MR) is 54.9 cm³/mol. The molecular weight excluding hydrogens is 198 g/mol. The van der Waals surface area contributed by atoms with E-state index in [-0.39, 0.29) is 18.8 Å². The van der Waals surface area contributed by atoms with E-state index < -0.39 is 5.97 Å². The second-order valence-corrected chi connectivity index (χ2v) is 3.35. The van der Waals surface area contributed by atoms with Crippen LogP contribution in [0.15, 0.2) is 0 Å². The molecule has 88 valence electrons. The number of nitrogens with zero attached hydrogens (tertiary/aromatic N) is 1. The topological polar surface area (TPSA) is 55.8 Å². The fourth-order valence-corrected chi connectivity index (χ4v) is 0.856. The monoisotopic (exact) mass is 217 g/mol. The Morgan fingerprint density at radius 2 is 1.73 bits per heavy atom. The lowest BCUT2D eigenvalue weighted by molar-refractivity contribution is -0.179. The Morgan fingerprint density at radius 3 is 2.27 bits per heavy atom. The largest absolute Gasteiger partial charge is 0.466 e. The van der Waals surface area contributed by atoms with Gasteiger partial charge in [0, 0.05) is 14.1 Å². The van der Waals surface area contributed by atoms with Gasteiger partial charge in [-0.05, 0) is 6.42 Å². The van der Waals surface area contributed by atoms with E-state index in [1.165, 1.54) is 5.06 Å². The highest BCUT2D eigenvalue weighted by Gasteiger charge is 2.09. The molecule has 15 heavy (non-hydrogen) atoms. The molecule has 0 spiro atoms. The fourth-order valence-electron chi connectivity index (χ4n) is 0.856. The zero-order valence-corrected chi connectivity index (χ0v) is 9.62. The lowest BCUT2D eigenvalue weighted by Crippen LogP contribution is -2.19. The number of hydrogen-bond acceptors (Lipinski definition) is 5. The van der Waals surface area contributed by atoms with Crippen LogP contribution >= 0.6 is 0 Å². The van der Waals surface area contributed by atoms with E-state index in [9.17, 15) is 9.59 Å². The van der Waals surface area contributed by atoms with Crippen molar-refractivity contribution in [2.24, 2.45) is 0 Å². The number of carbonyl (C=O) groups is 2. The standard InChI is InChI=1S/C10H19NO4/c1-4-5-8-14-9(12)6-7-10(13)15-11(2)3/h4-8H2,1-3H3. The lowest BCUT2D eigenvalue weighted by Gasteiger charge is -2.09. The first-order valence-electron chi connectivity index (χ1n) is 5.10. The van der Waals surface area contributed by atoms with E-state index in [2.05, 4.69) is 0 Å². The van der Waals surface area contributed by atoms with Gasteiger partial charge in [-0.3, -0.25) is 9.59 Å². The molecule has 0 aliphatic carbocycles. The lowest BCUT2D eigenvalue weighted by atomic mass is 10.3. The quantitative estimate of drug-likeness (QED) is 0.363. The molecule has 0 aromatic heterocycles. The van der Waals surface area contributed by atoms with E-state index >= 15 is 0 Å². The molecule has 0 saturated carbocycles. The minimum absolute atomic E-state index is 0.0587. The Morgan fingerprint density at radius 1 is 1.13 bits per heavy atom. The highest BCUT2D eigenvalue weighted by molar-refractivity contribution is 5.77. The SMILES string of the molecule is CCCCOC(=O)CCC(=O)ON(C)C. The predicted octanol–water partition coefficient (Wildman–Crippen LogP) is 1.13. The van der Waals surface area contributed by atoms with Crippen molar-refractivity contribution in [3.63, 3.8) is 0 Å². The van der Waals surface area contributed by atoms with Crippen molar-refractivity contribution in [3.8, 4) is 0 Å². The smallest absolute Gasteiger partial charge is 0.325 e. The number of unbranched alkanes of at least 4 members (excludes halogenated alkanes) is 1. The molecule has 0 saturated heterocycles. The van der Waals surface area contributed by atoms with Gasteiger partial charge in [0.2, 0.25) is 0 Å². The van der Waals surface area contributed by atoms with Crippen LogP contribution in [0.25, 0.3) is 0 Å². The molecule has 0 aliphatic rings. The summed E-state index contributed by atoms with van der Waals surface area (Å²) in [4.78, 5) is 26.8. The maximum atomic E-state index is 11.1. The van der Waals surface area contributed by atoms with Crippen LogP contribution in [0.5, 0.6) is 0 Å². The van der Waals surface area contributed by atoms with Gasteiger partial charge in [-0.25, -0.2) is 0 Å². The van der Waals surface area contributed by atoms with Gasteiger partial charge in [0.15, 0.2) is 0 Å². The van der Waals surface area contributed by atoms with Crippen LogP contribution < -0.4 is 0 Å². The Labute approximate surface area is 90.3 Å². The normalized spacial score (nSPS) is 10.1. The summed E-state index contributed by atoms with van der Waals surface area (Å²) in [5, 5.41) is 1.30. The zero-order chi connectivity index (χ0) is 11.7. The minimum Gasteiger partial charge on any atom is -0.466 e. The van der Waals surface area contributed by atoms with Gasteiger partial charge in [-0.1, -0.05) is 13.3 Å². The molecule has 0 fully saturated rings. The number of rotatable bonds is 7. The van der Waals surface area contributed by atoms with Crippen LogP contribution in [-0.4, -0.2) is 37.7 Å². The van der Waals surface area contributed by atoms with Crippen molar-refractivity contribution in [2.45, 2.75) is 32.6 Å². The second kappa shape index (κ2) is 8.23. The Hall–Kier alpha value is -1.10. The van der Waals surface area contributed by atoms with Gasteiger partial charge in [0.25, 0.3) is 0 Å². The molecule has 5 heteroatoms. The molecule has 0 N–H and O–H groups in total. The number of carbonyl (C=O) groups excluding carboxylic acids is 2. The molecule has 0 amide bonds. The number of hydroxylamine groups is 2. The summed E-state index contributed by atoms with van der Waals surface area (Å²) in [6.45, 7) is 2.44. The third kappa shape index (κ3) is 9.21. The van der Waals surface area contributed by atoms with E-state index in [0.29, 0.717) is 6.61 Å². The number of ether oxygens (including phenoxy) is 1. The first kappa shape index (κ1) is 13.9. The maximum absolute atomic E-state index is 11.1. The van der Waals surface area contributed by atoms with Crippen LogP contribution in [0, 0.1) is 0 Å². The summed E-state index contributed by atoms with van der Waals surface area (Å²) in [5.41, 5.74) is 0. The van der Waals surface area contributed by atoms with Gasteiger partial charge in [-0.2, -0.15) is 0 Å². The molecule has 0 radical (unpaired) electrons. The van der Waals surface area contributed by atoms with Crippen molar-refractivity contribution in [2.75, 3.05) is 20.7 Å². The van der Waals surface area contributed by atoms with E-state index in [1.807, 2.05) is 6.92 Å². The van der Waals surface area contributed by atoms with Crippen LogP contribution in [-0.2, 0) is 19.2 Å². The highest BCUT2D eigenvalue weighted by Crippen LogP contribution is 1.98. The van der Waals surface area contributed by atoms with Crippen molar-refractivity contribution >= 4 is 11.9 Å². The Bertz CT molecular complexity index is 204. The van der Waals surface area contributed by atoms with Gasteiger partial charge in [-0.15, -0.1) is 5.06 Å². The van der Waals surface area contributed by atoms with Crippen molar-refractivity contribution in [1.82, 2.24) is 5.06 Å². The fraction of sp³-hybridized carbons (Fsp3) is 0.800. The van der Waals surface area contributed by atoms with Crippen molar-refractivity contribution < 1.29 is 19.2 Å². The molecule has 0 rings (SSSR count). The van der Waals surface area contributed by atoms with Crippen LogP contribution in [0.4, 0.5) is 0 Å². The van der Waals surface area contributed by atoms with Crippen LogP contribution in [0.1, 0.15) is 32.6 Å². The number of hydrogen-bond donors (Lipinski definition) is 0. The summed E-state index contributed by atoms with van der Waals surface area (Å²) in [7, 11) is 3.22. The molecule has 0 heterocycles. The average molecular weight is 217 g/mol. The molecule has 5 nitrogen and oxygen atoms in total. The average Bonchev–Trinajstić information content (AvgIpc) is 2.14. The molecule has 0 aromatic carbocycles. The minimum atomic E-state index is -0.424. The van der Waals surface area contributed by atoms with Gasteiger partial charge in [0.05, 0.1) is 19.4 Å². The summed E-state index contributed by atoms with van der Waals surface area (Å²) in [6.07, 6.45) is 1.98.